The van der Waals surface area contributed by atoms with E-state index in [1.54, 1.807) is 19.1 Å². The van der Waals surface area contributed by atoms with Gasteiger partial charge in [-0.25, -0.2) is 4.39 Å². The first-order valence-electron chi connectivity index (χ1n) is 7.40. The normalized spacial score (nSPS) is 15.6. The van der Waals surface area contributed by atoms with Gasteiger partial charge in [-0.1, -0.05) is 12.8 Å². The molecule has 0 aromatic heterocycles. The molecular weight excluding hydrogens is 255 g/mol. The number of benzene rings is 1. The van der Waals surface area contributed by atoms with E-state index < -0.39 is 0 Å². The van der Waals surface area contributed by atoms with Crippen molar-refractivity contribution in [1.29, 1.82) is 0 Å². The Labute approximate surface area is 120 Å². The fourth-order valence-corrected chi connectivity index (χ4v) is 2.87. The molecule has 1 amide bonds. The summed E-state index contributed by atoms with van der Waals surface area (Å²) < 4.78 is 13.3. The molecule has 1 aliphatic rings. The summed E-state index contributed by atoms with van der Waals surface area (Å²) in [5.74, 6) is -0.260. The zero-order valence-corrected chi connectivity index (χ0v) is 12.1. The highest BCUT2D eigenvalue weighted by atomic mass is 19.1. The summed E-state index contributed by atoms with van der Waals surface area (Å²) in [6.45, 7) is 2.96. The number of hydrogen-bond acceptors (Lipinski definition) is 2. The molecule has 2 N–H and O–H groups in total. The lowest BCUT2D eigenvalue weighted by Crippen LogP contribution is -2.40. The first kappa shape index (κ1) is 15.0. The second-order valence-electron chi connectivity index (χ2n) is 5.54. The summed E-state index contributed by atoms with van der Waals surface area (Å²) >= 11 is 0. The topological polar surface area (TPSA) is 46.3 Å². The van der Waals surface area contributed by atoms with Gasteiger partial charge in [0, 0.05) is 18.2 Å². The van der Waals surface area contributed by atoms with Gasteiger partial charge in [0.15, 0.2) is 0 Å². The number of nitrogens with two attached hydrogens (primary N) is 1. The molecule has 0 unspecified atom stereocenters. The van der Waals surface area contributed by atoms with Crippen LogP contribution in [0.3, 0.4) is 0 Å². The maximum absolute atomic E-state index is 13.3. The Morgan fingerprint density at radius 3 is 2.70 bits per heavy atom. The molecule has 0 heterocycles. The number of halogens is 1. The summed E-state index contributed by atoms with van der Waals surface area (Å²) in [4.78, 5) is 14.6. The smallest absolute Gasteiger partial charge is 0.254 e. The van der Waals surface area contributed by atoms with Crippen molar-refractivity contribution in [1.82, 2.24) is 4.90 Å². The number of nitrogens with zero attached hydrogens (tertiary/aromatic N) is 1. The van der Waals surface area contributed by atoms with Crippen molar-refractivity contribution in [3.63, 3.8) is 0 Å². The van der Waals surface area contributed by atoms with Crippen LogP contribution in [0.5, 0.6) is 0 Å². The van der Waals surface area contributed by atoms with E-state index in [1.165, 1.54) is 18.9 Å². The number of hydrogen-bond donors (Lipinski definition) is 1. The zero-order valence-electron chi connectivity index (χ0n) is 12.1. The van der Waals surface area contributed by atoms with Gasteiger partial charge in [-0.15, -0.1) is 0 Å². The molecule has 1 fully saturated rings. The summed E-state index contributed by atoms with van der Waals surface area (Å²) in [5.41, 5.74) is 6.66. The Kier molecular flexibility index (Phi) is 5.12. The lowest BCUT2D eigenvalue weighted by atomic mass is 10.1. The Bertz CT molecular complexity index is 470. The largest absolute Gasteiger partial charge is 0.336 e. The van der Waals surface area contributed by atoms with Gasteiger partial charge in [-0.2, -0.15) is 0 Å². The minimum Gasteiger partial charge on any atom is -0.336 e. The van der Waals surface area contributed by atoms with E-state index >= 15 is 0 Å². The highest BCUT2D eigenvalue weighted by molar-refractivity contribution is 5.94. The van der Waals surface area contributed by atoms with Gasteiger partial charge in [0.1, 0.15) is 5.82 Å². The van der Waals surface area contributed by atoms with Crippen LogP contribution in [0.4, 0.5) is 4.39 Å². The molecule has 1 aromatic rings. The molecule has 1 aliphatic carbocycles. The van der Waals surface area contributed by atoms with E-state index in [2.05, 4.69) is 0 Å². The monoisotopic (exact) mass is 278 g/mol. The van der Waals surface area contributed by atoms with Crippen LogP contribution < -0.4 is 5.73 Å². The Hall–Kier alpha value is -1.42. The van der Waals surface area contributed by atoms with Crippen LogP contribution in [-0.2, 0) is 0 Å². The van der Waals surface area contributed by atoms with Crippen molar-refractivity contribution in [2.75, 3.05) is 13.1 Å². The van der Waals surface area contributed by atoms with E-state index in [9.17, 15) is 9.18 Å². The predicted molar refractivity (Wildman–Crippen MR) is 78.1 cm³/mol. The molecule has 0 bridgehead atoms. The molecule has 4 heteroatoms. The maximum atomic E-state index is 13.3. The highest BCUT2D eigenvalue weighted by Gasteiger charge is 2.27. The Balaban J connectivity index is 2.17. The number of carbonyl (C=O) groups excluding carboxylic acids is 1. The third-order valence-corrected chi connectivity index (χ3v) is 4.03. The molecule has 2 rings (SSSR count). The average Bonchev–Trinajstić information content (AvgIpc) is 2.96. The fraction of sp³-hybridized carbons (Fsp3) is 0.562. The van der Waals surface area contributed by atoms with Crippen LogP contribution in [0.2, 0.25) is 0 Å². The van der Waals surface area contributed by atoms with Crippen molar-refractivity contribution in [3.8, 4) is 0 Å². The van der Waals surface area contributed by atoms with Crippen molar-refractivity contribution in [2.24, 2.45) is 5.73 Å². The van der Waals surface area contributed by atoms with Gasteiger partial charge in [-0.3, -0.25) is 4.79 Å². The third kappa shape index (κ3) is 3.37. The van der Waals surface area contributed by atoms with Crippen LogP contribution >= 0.6 is 0 Å². The minimum atomic E-state index is -0.268. The quantitative estimate of drug-likeness (QED) is 0.900. The van der Waals surface area contributed by atoms with E-state index in [1.807, 2.05) is 4.90 Å². The standard InChI is InChI=1S/C16H23FN2O/c1-12-11-13(7-8-15(12)17)16(20)19(10-4-9-18)14-5-2-3-6-14/h7-8,11,14H,2-6,9-10,18H2,1H3. The summed E-state index contributed by atoms with van der Waals surface area (Å²) in [7, 11) is 0. The second-order valence-corrected chi connectivity index (χ2v) is 5.54. The lowest BCUT2D eigenvalue weighted by molar-refractivity contribution is 0.0680. The molecule has 110 valence electrons. The molecule has 0 radical (unpaired) electrons. The minimum absolute atomic E-state index is 0.00782. The van der Waals surface area contributed by atoms with E-state index in [0.717, 1.165) is 19.3 Å². The highest BCUT2D eigenvalue weighted by Crippen LogP contribution is 2.25. The van der Waals surface area contributed by atoms with Crippen molar-refractivity contribution in [3.05, 3.63) is 35.1 Å². The lowest BCUT2D eigenvalue weighted by Gasteiger charge is -2.29. The van der Waals surface area contributed by atoms with E-state index in [0.29, 0.717) is 30.3 Å². The third-order valence-electron chi connectivity index (χ3n) is 4.03. The summed E-state index contributed by atoms with van der Waals surface area (Å²) in [5, 5.41) is 0. The SMILES string of the molecule is Cc1cc(C(=O)N(CCCN)C2CCCC2)ccc1F. The molecule has 3 nitrogen and oxygen atoms in total. The maximum Gasteiger partial charge on any atom is 0.254 e. The van der Waals surface area contributed by atoms with Crippen molar-refractivity contribution >= 4 is 5.91 Å². The Morgan fingerprint density at radius 2 is 2.10 bits per heavy atom. The Morgan fingerprint density at radius 1 is 1.40 bits per heavy atom. The van der Waals surface area contributed by atoms with Gasteiger partial charge in [-0.05, 0) is 56.5 Å². The van der Waals surface area contributed by atoms with E-state index in [4.69, 9.17) is 5.73 Å². The molecule has 0 aliphatic heterocycles. The number of carbonyl (C=O) groups is 1. The summed E-state index contributed by atoms with van der Waals surface area (Å²) in [6.07, 6.45) is 5.30. The van der Waals surface area contributed by atoms with Crippen LogP contribution in [-0.4, -0.2) is 29.9 Å². The van der Waals surface area contributed by atoms with Crippen molar-refractivity contribution in [2.45, 2.75) is 45.1 Å². The zero-order chi connectivity index (χ0) is 14.5. The van der Waals surface area contributed by atoms with Gasteiger partial charge in [0.25, 0.3) is 5.91 Å². The van der Waals surface area contributed by atoms with Gasteiger partial charge >= 0.3 is 0 Å². The molecule has 0 spiro atoms. The molecule has 0 saturated heterocycles. The average molecular weight is 278 g/mol. The van der Waals surface area contributed by atoms with Gasteiger partial charge < -0.3 is 10.6 Å². The van der Waals surface area contributed by atoms with Gasteiger partial charge in [0.2, 0.25) is 0 Å². The summed E-state index contributed by atoms with van der Waals surface area (Å²) in [6, 6.07) is 4.91. The molecule has 1 saturated carbocycles. The molecule has 1 aromatic carbocycles. The van der Waals surface area contributed by atoms with Crippen LogP contribution in [0, 0.1) is 12.7 Å². The number of amides is 1. The molecular formula is C16H23FN2O. The van der Waals surface area contributed by atoms with Crippen LogP contribution in [0.15, 0.2) is 18.2 Å². The second kappa shape index (κ2) is 6.84. The first-order valence-corrected chi connectivity index (χ1v) is 7.40. The number of rotatable bonds is 5. The first-order chi connectivity index (χ1) is 9.63. The fourth-order valence-electron chi connectivity index (χ4n) is 2.87. The van der Waals surface area contributed by atoms with Crippen LogP contribution in [0.1, 0.15) is 48.0 Å². The van der Waals surface area contributed by atoms with E-state index in [-0.39, 0.29) is 11.7 Å². The molecule has 20 heavy (non-hydrogen) atoms. The van der Waals surface area contributed by atoms with Gasteiger partial charge in [0.05, 0.1) is 0 Å². The van der Waals surface area contributed by atoms with Crippen molar-refractivity contribution < 1.29 is 9.18 Å². The predicted octanol–water partition coefficient (Wildman–Crippen LogP) is 2.87. The molecule has 0 atom stereocenters. The number of aryl methyl sites for hydroxylation is 1. The van der Waals surface area contributed by atoms with Crippen LogP contribution in [0.25, 0.3) is 0 Å².